The summed E-state index contributed by atoms with van der Waals surface area (Å²) < 4.78 is 6.72. The van der Waals surface area contributed by atoms with Crippen LogP contribution in [0.25, 0.3) is 0 Å². The Morgan fingerprint density at radius 1 is 0.700 bits per heavy atom. The topological polar surface area (TPSA) is 99.3 Å². The highest BCUT2D eigenvalue weighted by Gasteiger charge is 2.58. The fourth-order valence-electron chi connectivity index (χ4n) is 9.64. The summed E-state index contributed by atoms with van der Waals surface area (Å²) in [6.45, 7) is 4.43. The van der Waals surface area contributed by atoms with Crippen molar-refractivity contribution >= 4 is 53.5 Å². The van der Waals surface area contributed by atoms with Gasteiger partial charge in [0.15, 0.2) is 5.60 Å². The SMILES string of the molecule is O=C(NCCN1C(=O)C=CC1=O)c1ccc2c(c1)C1(OC2=O)c2ccc(N3CCCC3)cc2[Si]2(CCCCC2)c2cc(N3CCCC3)ccc21. The number of ether oxygens (including phenoxy) is 1. The van der Waals surface area contributed by atoms with E-state index in [0.29, 0.717) is 16.7 Å². The van der Waals surface area contributed by atoms with Crippen LogP contribution in [0.1, 0.15) is 82.4 Å². The second kappa shape index (κ2) is 12.0. The van der Waals surface area contributed by atoms with Crippen LogP contribution >= 0.6 is 0 Å². The van der Waals surface area contributed by atoms with E-state index in [2.05, 4.69) is 51.5 Å². The molecular weight excluding hydrogens is 645 g/mol. The second-order valence-electron chi connectivity index (χ2n) is 14.7. The molecule has 0 atom stereocenters. The molecule has 1 N–H and O–H groups in total. The average Bonchev–Trinajstić information content (AvgIpc) is 3.98. The predicted molar refractivity (Wildman–Crippen MR) is 194 cm³/mol. The maximum absolute atomic E-state index is 13.9. The lowest BCUT2D eigenvalue weighted by molar-refractivity contribution is -0.136. The zero-order valence-electron chi connectivity index (χ0n) is 28.3. The van der Waals surface area contributed by atoms with Gasteiger partial charge in [0.25, 0.3) is 17.7 Å². The maximum atomic E-state index is 13.9. The molecule has 9 nitrogen and oxygen atoms in total. The van der Waals surface area contributed by atoms with Gasteiger partial charge in [-0.15, -0.1) is 0 Å². The quantitative estimate of drug-likeness (QED) is 0.237. The number of carbonyl (C=O) groups excluding carboxylic acids is 4. The summed E-state index contributed by atoms with van der Waals surface area (Å²) in [7, 11) is -2.28. The molecule has 2 spiro atoms. The summed E-state index contributed by atoms with van der Waals surface area (Å²) in [6.07, 6.45) is 10.9. The first-order valence-corrected chi connectivity index (χ1v) is 20.8. The van der Waals surface area contributed by atoms with Crippen molar-refractivity contribution in [2.75, 3.05) is 49.1 Å². The van der Waals surface area contributed by atoms with E-state index in [1.807, 2.05) is 6.07 Å². The highest BCUT2D eigenvalue weighted by Crippen LogP contribution is 2.51. The van der Waals surface area contributed by atoms with Crippen molar-refractivity contribution in [2.45, 2.75) is 62.6 Å². The Morgan fingerprint density at radius 3 is 1.86 bits per heavy atom. The Kier molecular flexibility index (Phi) is 7.49. The Bertz CT molecular complexity index is 1880. The minimum Gasteiger partial charge on any atom is -0.441 e. The molecule has 3 saturated heterocycles. The van der Waals surface area contributed by atoms with Crippen molar-refractivity contribution in [2.24, 2.45) is 0 Å². The van der Waals surface area contributed by atoms with Gasteiger partial charge >= 0.3 is 5.97 Å². The van der Waals surface area contributed by atoms with Crippen LogP contribution in [0.4, 0.5) is 11.4 Å². The zero-order valence-corrected chi connectivity index (χ0v) is 29.3. The van der Waals surface area contributed by atoms with E-state index in [-0.39, 0.29) is 36.8 Å². The first-order chi connectivity index (χ1) is 24.4. The van der Waals surface area contributed by atoms with Gasteiger partial charge in [-0.25, -0.2) is 4.79 Å². The fraction of sp³-hybridized carbons (Fsp3) is 0.400. The second-order valence-corrected chi connectivity index (χ2v) is 19.0. The summed E-state index contributed by atoms with van der Waals surface area (Å²) in [5, 5.41) is 5.65. The molecule has 6 heterocycles. The Balaban J connectivity index is 1.19. The molecule has 10 heteroatoms. The Hall–Kier alpha value is -4.70. The standard InChI is InChI=1S/C40H42N4O5Si/c45-36-14-15-37(46)44(36)21-16-41-38(47)27-8-11-30-33(24-27)40(49-39(30)48)31-12-9-28(42-17-2-3-18-42)25-34(31)50(22-6-1-7-23-50)35-26-29(10-13-32(35)40)43-19-4-5-20-43/h8-15,24-26H,1-7,16-23H2,(H,41,47). The molecule has 6 aliphatic heterocycles. The largest absolute Gasteiger partial charge is 0.441 e. The van der Waals surface area contributed by atoms with Gasteiger partial charge in [0.2, 0.25) is 0 Å². The fourth-order valence-corrected chi connectivity index (χ4v) is 15.4. The Morgan fingerprint density at radius 2 is 1.28 bits per heavy atom. The number of nitrogens with one attached hydrogen (secondary N) is 1. The minimum absolute atomic E-state index is 0.0824. The van der Waals surface area contributed by atoms with E-state index in [0.717, 1.165) is 42.2 Å². The molecule has 256 valence electrons. The van der Waals surface area contributed by atoms with E-state index in [9.17, 15) is 19.2 Å². The number of hydrogen-bond donors (Lipinski definition) is 1. The van der Waals surface area contributed by atoms with Crippen molar-refractivity contribution in [3.8, 4) is 0 Å². The predicted octanol–water partition coefficient (Wildman–Crippen LogP) is 4.06. The highest BCUT2D eigenvalue weighted by atomic mass is 28.3. The molecule has 0 aliphatic carbocycles. The van der Waals surface area contributed by atoms with Gasteiger partial charge in [0.05, 0.1) is 5.56 Å². The molecule has 3 amide bonds. The minimum atomic E-state index is -2.28. The number of rotatable bonds is 6. The lowest BCUT2D eigenvalue weighted by atomic mass is 9.78. The van der Waals surface area contributed by atoms with Crippen molar-refractivity contribution in [1.29, 1.82) is 0 Å². The zero-order chi connectivity index (χ0) is 34.0. The molecule has 0 bridgehead atoms. The number of carbonyl (C=O) groups is 4. The number of fused-ring (bicyclic) bond motifs is 8. The molecule has 9 rings (SSSR count). The van der Waals surface area contributed by atoms with Crippen LogP contribution in [0.5, 0.6) is 0 Å². The number of esters is 1. The van der Waals surface area contributed by atoms with Gasteiger partial charge in [-0.2, -0.15) is 0 Å². The molecule has 3 aromatic rings. The molecular formula is C40H42N4O5Si. The molecule has 0 unspecified atom stereocenters. The third kappa shape index (κ3) is 4.71. The van der Waals surface area contributed by atoms with Gasteiger partial charge in [-0.1, -0.05) is 31.4 Å². The van der Waals surface area contributed by atoms with Gasteiger partial charge in [-0.05, 0) is 90.6 Å². The first-order valence-electron chi connectivity index (χ1n) is 18.4. The van der Waals surface area contributed by atoms with E-state index < -0.39 is 13.7 Å². The maximum Gasteiger partial charge on any atom is 0.340 e. The molecule has 0 aromatic heterocycles. The summed E-state index contributed by atoms with van der Waals surface area (Å²) in [5.74, 6) is -1.48. The highest BCUT2D eigenvalue weighted by molar-refractivity contribution is 7.03. The summed E-state index contributed by atoms with van der Waals surface area (Å²) >= 11 is 0. The van der Waals surface area contributed by atoms with E-state index in [4.69, 9.17) is 4.74 Å². The first kappa shape index (κ1) is 31.3. The number of hydrogen-bond acceptors (Lipinski definition) is 7. The summed E-state index contributed by atoms with van der Waals surface area (Å²) in [4.78, 5) is 57.7. The molecule has 0 saturated carbocycles. The lowest BCUT2D eigenvalue weighted by Crippen LogP contribution is -2.67. The molecule has 3 aromatic carbocycles. The van der Waals surface area contributed by atoms with E-state index in [1.165, 1.54) is 90.9 Å². The number of amides is 3. The van der Waals surface area contributed by atoms with Crippen LogP contribution in [-0.4, -0.2) is 75.9 Å². The number of anilines is 2. The lowest BCUT2D eigenvalue weighted by Gasteiger charge is -2.48. The van der Waals surface area contributed by atoms with E-state index >= 15 is 0 Å². The van der Waals surface area contributed by atoms with Crippen LogP contribution in [0, 0.1) is 0 Å². The number of benzene rings is 3. The summed E-state index contributed by atoms with van der Waals surface area (Å²) in [5.41, 5.74) is 5.04. The van der Waals surface area contributed by atoms with Gasteiger partial charge in [0, 0.05) is 85.0 Å². The monoisotopic (exact) mass is 686 g/mol. The number of imide groups is 1. The Labute approximate surface area is 293 Å². The van der Waals surface area contributed by atoms with Crippen molar-refractivity contribution in [3.05, 3.63) is 94.6 Å². The van der Waals surface area contributed by atoms with Crippen LogP contribution < -0.4 is 25.5 Å². The van der Waals surface area contributed by atoms with Gasteiger partial charge in [0.1, 0.15) is 8.07 Å². The van der Waals surface area contributed by atoms with Crippen LogP contribution in [-0.2, 0) is 19.9 Å². The van der Waals surface area contributed by atoms with Crippen LogP contribution in [0.3, 0.4) is 0 Å². The third-order valence-electron chi connectivity index (χ3n) is 12.1. The molecule has 0 radical (unpaired) electrons. The molecule has 50 heavy (non-hydrogen) atoms. The summed E-state index contributed by atoms with van der Waals surface area (Å²) in [6, 6.07) is 21.4. The van der Waals surface area contributed by atoms with Gasteiger partial charge in [-0.3, -0.25) is 19.3 Å². The van der Waals surface area contributed by atoms with Crippen LogP contribution in [0.2, 0.25) is 12.1 Å². The average molecular weight is 687 g/mol. The van der Waals surface area contributed by atoms with Crippen molar-refractivity contribution in [1.82, 2.24) is 10.2 Å². The third-order valence-corrected chi connectivity index (χ3v) is 17.4. The van der Waals surface area contributed by atoms with E-state index in [1.54, 1.807) is 12.1 Å². The molecule has 3 fully saturated rings. The number of nitrogens with zero attached hydrogens (tertiary/aromatic N) is 3. The van der Waals surface area contributed by atoms with Crippen molar-refractivity contribution in [3.63, 3.8) is 0 Å². The normalized spacial score (nSPS) is 21.2. The smallest absolute Gasteiger partial charge is 0.340 e. The molecule has 6 aliphatic rings. The van der Waals surface area contributed by atoms with Crippen molar-refractivity contribution < 1.29 is 23.9 Å². The van der Waals surface area contributed by atoms with Crippen LogP contribution in [0.15, 0.2) is 66.7 Å². The van der Waals surface area contributed by atoms with Gasteiger partial charge < -0.3 is 19.9 Å².